The number of ether oxygens (including phenoxy) is 1. The standard InChI is InChI=1S/C19H20O2/c1-3-21-18(20)12-16-11-13(2)10-15-9-8-14-6-4-5-7-17(14)19(15)16/h4-9,12-13H,3,10-11H2,1-2H3/b16-12+. The van der Waals surface area contributed by atoms with Crippen molar-refractivity contribution in [2.24, 2.45) is 5.92 Å². The van der Waals surface area contributed by atoms with Gasteiger partial charge in [0.05, 0.1) is 6.61 Å². The first kappa shape index (κ1) is 13.9. The third-order valence-electron chi connectivity index (χ3n) is 4.05. The lowest BCUT2D eigenvalue weighted by Gasteiger charge is -2.25. The lowest BCUT2D eigenvalue weighted by molar-refractivity contribution is -0.137. The Bertz CT molecular complexity index is 713. The van der Waals surface area contributed by atoms with Crippen LogP contribution in [0.5, 0.6) is 0 Å². The molecule has 3 rings (SSSR count). The van der Waals surface area contributed by atoms with Gasteiger partial charge in [0.25, 0.3) is 0 Å². The molecular formula is C19H20O2. The van der Waals surface area contributed by atoms with Crippen LogP contribution in [-0.2, 0) is 16.0 Å². The lowest BCUT2D eigenvalue weighted by Crippen LogP contribution is -2.12. The molecule has 0 aromatic heterocycles. The first-order chi connectivity index (χ1) is 10.2. The maximum Gasteiger partial charge on any atom is 0.331 e. The Morgan fingerprint density at radius 2 is 2.05 bits per heavy atom. The summed E-state index contributed by atoms with van der Waals surface area (Å²) in [7, 11) is 0. The van der Waals surface area contributed by atoms with Gasteiger partial charge in [-0.1, -0.05) is 43.3 Å². The van der Waals surface area contributed by atoms with E-state index in [1.807, 2.05) is 6.92 Å². The van der Waals surface area contributed by atoms with Crippen molar-refractivity contribution in [2.75, 3.05) is 6.61 Å². The Balaban J connectivity index is 2.17. The maximum absolute atomic E-state index is 11.9. The molecule has 1 atom stereocenters. The van der Waals surface area contributed by atoms with Gasteiger partial charge in [-0.25, -0.2) is 4.79 Å². The van der Waals surface area contributed by atoms with Gasteiger partial charge in [-0.15, -0.1) is 0 Å². The minimum absolute atomic E-state index is 0.236. The summed E-state index contributed by atoms with van der Waals surface area (Å²) in [6.07, 6.45) is 3.69. The van der Waals surface area contributed by atoms with Gasteiger partial charge in [-0.05, 0) is 53.2 Å². The molecule has 0 spiro atoms. The minimum Gasteiger partial charge on any atom is -0.463 e. The van der Waals surface area contributed by atoms with Gasteiger partial charge in [0.2, 0.25) is 0 Å². The first-order valence-electron chi connectivity index (χ1n) is 7.57. The molecule has 1 aliphatic carbocycles. The SMILES string of the molecule is CCOC(=O)/C=C1\CC(C)Cc2ccc3ccccc3c21. The molecule has 1 aliphatic rings. The number of hydrogen-bond acceptors (Lipinski definition) is 2. The molecule has 2 nitrogen and oxygen atoms in total. The Morgan fingerprint density at radius 3 is 2.86 bits per heavy atom. The molecule has 21 heavy (non-hydrogen) atoms. The zero-order valence-corrected chi connectivity index (χ0v) is 12.6. The van der Waals surface area contributed by atoms with Gasteiger partial charge < -0.3 is 4.74 Å². The third-order valence-corrected chi connectivity index (χ3v) is 4.05. The number of esters is 1. The summed E-state index contributed by atoms with van der Waals surface area (Å²) in [6, 6.07) is 12.7. The molecule has 0 saturated heterocycles. The van der Waals surface area contributed by atoms with E-state index in [-0.39, 0.29) is 5.97 Å². The van der Waals surface area contributed by atoms with E-state index in [1.165, 1.54) is 21.9 Å². The van der Waals surface area contributed by atoms with Crippen molar-refractivity contribution in [2.45, 2.75) is 26.7 Å². The van der Waals surface area contributed by atoms with Gasteiger partial charge in [0.1, 0.15) is 0 Å². The van der Waals surface area contributed by atoms with Crippen LogP contribution in [0, 0.1) is 5.92 Å². The zero-order chi connectivity index (χ0) is 14.8. The van der Waals surface area contributed by atoms with Crippen molar-refractivity contribution < 1.29 is 9.53 Å². The van der Waals surface area contributed by atoms with Crippen molar-refractivity contribution >= 4 is 22.3 Å². The van der Waals surface area contributed by atoms with E-state index in [2.05, 4.69) is 43.3 Å². The van der Waals surface area contributed by atoms with E-state index >= 15 is 0 Å². The van der Waals surface area contributed by atoms with Crippen molar-refractivity contribution in [3.8, 4) is 0 Å². The van der Waals surface area contributed by atoms with E-state index < -0.39 is 0 Å². The van der Waals surface area contributed by atoms with E-state index in [4.69, 9.17) is 4.74 Å². The van der Waals surface area contributed by atoms with Crippen LogP contribution in [0.1, 0.15) is 31.4 Å². The second-order valence-electron chi connectivity index (χ2n) is 5.76. The zero-order valence-electron chi connectivity index (χ0n) is 12.6. The summed E-state index contributed by atoms with van der Waals surface area (Å²) in [6.45, 7) is 4.49. The van der Waals surface area contributed by atoms with Gasteiger partial charge >= 0.3 is 5.97 Å². The number of carbonyl (C=O) groups excluding carboxylic acids is 1. The molecule has 0 saturated carbocycles. The minimum atomic E-state index is -0.236. The van der Waals surface area contributed by atoms with Gasteiger partial charge in [0.15, 0.2) is 0 Å². The molecule has 2 aromatic rings. The topological polar surface area (TPSA) is 26.3 Å². The highest BCUT2D eigenvalue weighted by molar-refractivity contribution is 6.00. The van der Waals surface area contributed by atoms with Crippen molar-refractivity contribution in [3.05, 3.63) is 53.6 Å². The number of rotatable bonds is 2. The number of fused-ring (bicyclic) bond motifs is 3. The van der Waals surface area contributed by atoms with Crippen LogP contribution in [0.4, 0.5) is 0 Å². The first-order valence-corrected chi connectivity index (χ1v) is 7.57. The molecule has 0 fully saturated rings. The van der Waals surface area contributed by atoms with Gasteiger partial charge in [-0.3, -0.25) is 0 Å². The maximum atomic E-state index is 11.9. The van der Waals surface area contributed by atoms with E-state index in [1.54, 1.807) is 6.08 Å². The van der Waals surface area contributed by atoms with Crippen LogP contribution in [0.25, 0.3) is 16.3 Å². The molecule has 0 radical (unpaired) electrons. The van der Waals surface area contributed by atoms with Gasteiger partial charge in [0, 0.05) is 6.08 Å². The fourth-order valence-electron chi connectivity index (χ4n) is 3.25. The van der Waals surface area contributed by atoms with Crippen LogP contribution in [0.3, 0.4) is 0 Å². The Kier molecular flexibility index (Phi) is 3.78. The second-order valence-corrected chi connectivity index (χ2v) is 5.76. The van der Waals surface area contributed by atoms with Crippen LogP contribution in [0.15, 0.2) is 42.5 Å². The molecule has 0 N–H and O–H groups in total. The Hall–Kier alpha value is -2.09. The predicted octanol–water partition coefficient (Wildman–Crippen LogP) is 4.37. The number of carbonyl (C=O) groups is 1. The summed E-state index contributed by atoms with van der Waals surface area (Å²) in [5.74, 6) is 0.319. The fourth-order valence-corrected chi connectivity index (χ4v) is 3.25. The molecule has 1 unspecified atom stereocenters. The van der Waals surface area contributed by atoms with Crippen molar-refractivity contribution in [1.29, 1.82) is 0 Å². The van der Waals surface area contributed by atoms with Crippen molar-refractivity contribution in [1.82, 2.24) is 0 Å². The summed E-state index contributed by atoms with van der Waals surface area (Å²) in [5, 5.41) is 2.46. The van der Waals surface area contributed by atoms with Crippen LogP contribution in [0.2, 0.25) is 0 Å². The molecule has 2 heteroatoms. The second kappa shape index (κ2) is 5.72. The average Bonchev–Trinajstić information content (AvgIpc) is 2.46. The molecule has 0 amide bonds. The predicted molar refractivity (Wildman–Crippen MR) is 86.0 cm³/mol. The molecule has 2 aromatic carbocycles. The lowest BCUT2D eigenvalue weighted by atomic mass is 9.79. The van der Waals surface area contributed by atoms with Crippen LogP contribution in [-0.4, -0.2) is 12.6 Å². The highest BCUT2D eigenvalue weighted by Gasteiger charge is 2.22. The molecule has 0 heterocycles. The van der Waals surface area contributed by atoms with E-state index in [9.17, 15) is 4.79 Å². The Morgan fingerprint density at radius 1 is 1.24 bits per heavy atom. The monoisotopic (exact) mass is 280 g/mol. The quantitative estimate of drug-likeness (QED) is 0.603. The van der Waals surface area contributed by atoms with E-state index in [0.29, 0.717) is 12.5 Å². The third kappa shape index (κ3) is 2.71. The average molecular weight is 280 g/mol. The summed E-state index contributed by atoms with van der Waals surface area (Å²) in [4.78, 5) is 11.9. The van der Waals surface area contributed by atoms with E-state index in [0.717, 1.165) is 18.4 Å². The van der Waals surface area contributed by atoms with Gasteiger partial charge in [-0.2, -0.15) is 0 Å². The number of hydrogen-bond donors (Lipinski definition) is 0. The fraction of sp³-hybridized carbons (Fsp3) is 0.316. The molecule has 0 bridgehead atoms. The Labute approximate surface area is 125 Å². The summed E-state index contributed by atoms with van der Waals surface area (Å²) < 4.78 is 5.09. The smallest absolute Gasteiger partial charge is 0.331 e. The number of benzene rings is 2. The summed E-state index contributed by atoms with van der Waals surface area (Å²) >= 11 is 0. The van der Waals surface area contributed by atoms with Crippen molar-refractivity contribution in [3.63, 3.8) is 0 Å². The summed E-state index contributed by atoms with van der Waals surface area (Å²) in [5.41, 5.74) is 3.68. The highest BCUT2D eigenvalue weighted by Crippen LogP contribution is 2.38. The van der Waals surface area contributed by atoms with Crippen LogP contribution >= 0.6 is 0 Å². The largest absolute Gasteiger partial charge is 0.463 e. The molecular weight excluding hydrogens is 260 g/mol. The van der Waals surface area contributed by atoms with Crippen LogP contribution < -0.4 is 0 Å². The number of allylic oxidation sites excluding steroid dienone is 1. The normalized spacial score (nSPS) is 19.5. The molecule has 0 aliphatic heterocycles. The molecule has 108 valence electrons. The highest BCUT2D eigenvalue weighted by atomic mass is 16.5.